The normalized spacial score (nSPS) is 14.3. The van der Waals surface area contributed by atoms with E-state index in [4.69, 9.17) is 17.2 Å². The Morgan fingerprint density at radius 1 is 1.19 bits per heavy atom. The second-order valence-corrected chi connectivity index (χ2v) is 5.81. The first-order valence-corrected chi connectivity index (χ1v) is 7.53. The Morgan fingerprint density at radius 3 is 2.90 bits per heavy atom. The fraction of sp³-hybridized carbons (Fsp3) is 0.250. The van der Waals surface area contributed by atoms with E-state index in [-0.39, 0.29) is 5.82 Å². The molecule has 5 heteroatoms. The van der Waals surface area contributed by atoms with Crippen LogP contribution in [0.5, 0.6) is 0 Å². The number of halogens is 1. The largest absolute Gasteiger partial charge is 0.291 e. The van der Waals surface area contributed by atoms with Gasteiger partial charge in [-0.25, -0.2) is 13.9 Å². The van der Waals surface area contributed by atoms with Crippen LogP contribution in [0, 0.1) is 10.5 Å². The summed E-state index contributed by atoms with van der Waals surface area (Å²) in [5, 5.41) is 3.24. The van der Waals surface area contributed by atoms with Crippen molar-refractivity contribution in [2.75, 3.05) is 0 Å². The van der Waals surface area contributed by atoms with E-state index >= 15 is 0 Å². The second-order valence-electron chi connectivity index (χ2n) is 5.42. The van der Waals surface area contributed by atoms with Crippen molar-refractivity contribution in [3.05, 3.63) is 52.0 Å². The highest BCUT2D eigenvalue weighted by molar-refractivity contribution is 7.71. The van der Waals surface area contributed by atoms with Crippen molar-refractivity contribution in [1.82, 2.24) is 14.6 Å². The van der Waals surface area contributed by atoms with Crippen LogP contribution in [0.3, 0.4) is 0 Å². The number of hydrogen-bond donors (Lipinski definition) is 1. The molecule has 3 aromatic rings. The lowest BCUT2D eigenvalue weighted by Gasteiger charge is -2.14. The highest BCUT2D eigenvalue weighted by Gasteiger charge is 2.16. The number of hydrogen-bond acceptors (Lipinski definition) is 2. The van der Waals surface area contributed by atoms with Crippen LogP contribution in [0.1, 0.15) is 24.1 Å². The fourth-order valence-corrected chi connectivity index (χ4v) is 3.32. The number of aryl methyl sites for hydroxylation is 1. The van der Waals surface area contributed by atoms with E-state index in [1.54, 1.807) is 6.07 Å². The molecule has 2 aromatic heterocycles. The lowest BCUT2D eigenvalue weighted by atomic mass is 9.97. The van der Waals surface area contributed by atoms with Gasteiger partial charge >= 0.3 is 0 Å². The van der Waals surface area contributed by atoms with Crippen molar-refractivity contribution < 1.29 is 4.39 Å². The Kier molecular flexibility index (Phi) is 2.89. The smallest absolute Gasteiger partial charge is 0.155 e. The van der Waals surface area contributed by atoms with Gasteiger partial charge in [-0.15, -0.1) is 0 Å². The number of nitrogens with one attached hydrogen (secondary N) is 1. The van der Waals surface area contributed by atoms with Crippen LogP contribution in [0.15, 0.2) is 30.3 Å². The molecule has 106 valence electrons. The molecule has 2 heterocycles. The average Bonchev–Trinajstić information content (AvgIpc) is 2.92. The van der Waals surface area contributed by atoms with Crippen LogP contribution in [0.4, 0.5) is 4.39 Å². The number of aromatic amines is 1. The minimum Gasteiger partial charge on any atom is -0.291 e. The highest BCUT2D eigenvalue weighted by Crippen LogP contribution is 2.25. The molecule has 0 radical (unpaired) electrons. The van der Waals surface area contributed by atoms with Gasteiger partial charge in [-0.1, -0.05) is 24.4 Å². The summed E-state index contributed by atoms with van der Waals surface area (Å²) in [4.78, 5) is 4.72. The summed E-state index contributed by atoms with van der Waals surface area (Å²) in [7, 11) is 0. The molecule has 0 atom stereocenters. The number of aromatic nitrogens is 3. The molecule has 0 unspecified atom stereocenters. The monoisotopic (exact) mass is 299 g/mol. The van der Waals surface area contributed by atoms with Crippen molar-refractivity contribution in [2.45, 2.75) is 25.7 Å². The van der Waals surface area contributed by atoms with Crippen molar-refractivity contribution >= 4 is 17.9 Å². The summed E-state index contributed by atoms with van der Waals surface area (Å²) in [5.41, 5.74) is 4.74. The zero-order valence-electron chi connectivity index (χ0n) is 11.4. The van der Waals surface area contributed by atoms with Crippen LogP contribution >= 0.6 is 12.2 Å². The van der Waals surface area contributed by atoms with Crippen LogP contribution in [-0.2, 0) is 12.8 Å². The lowest BCUT2D eigenvalue weighted by Crippen LogP contribution is -2.09. The quantitative estimate of drug-likeness (QED) is 0.687. The molecule has 0 spiro atoms. The molecule has 1 aliphatic carbocycles. The summed E-state index contributed by atoms with van der Waals surface area (Å²) in [6.45, 7) is 0. The third-order valence-electron chi connectivity index (χ3n) is 4.02. The van der Waals surface area contributed by atoms with Gasteiger partial charge in [0.2, 0.25) is 0 Å². The van der Waals surface area contributed by atoms with Crippen molar-refractivity contribution in [3.8, 4) is 11.3 Å². The van der Waals surface area contributed by atoms with E-state index in [9.17, 15) is 4.39 Å². The van der Waals surface area contributed by atoms with Gasteiger partial charge in [0.15, 0.2) is 5.65 Å². The zero-order chi connectivity index (χ0) is 14.4. The highest BCUT2D eigenvalue weighted by atomic mass is 32.1. The molecule has 1 N–H and O–H groups in total. The Bertz CT molecular complexity index is 894. The Hall–Kier alpha value is -2.01. The maximum absolute atomic E-state index is 13.4. The molecule has 21 heavy (non-hydrogen) atoms. The molecule has 0 amide bonds. The van der Waals surface area contributed by atoms with Crippen LogP contribution in [0.2, 0.25) is 0 Å². The maximum atomic E-state index is 13.4. The lowest BCUT2D eigenvalue weighted by molar-refractivity contribution is 0.628. The van der Waals surface area contributed by atoms with Crippen LogP contribution < -0.4 is 0 Å². The number of rotatable bonds is 1. The van der Waals surface area contributed by atoms with E-state index < -0.39 is 0 Å². The zero-order valence-corrected chi connectivity index (χ0v) is 12.2. The molecule has 1 aromatic carbocycles. The molecule has 0 saturated carbocycles. The minimum absolute atomic E-state index is 0.248. The first-order chi connectivity index (χ1) is 10.2. The van der Waals surface area contributed by atoms with Gasteiger partial charge in [0.25, 0.3) is 0 Å². The minimum atomic E-state index is -0.248. The Labute approximate surface area is 126 Å². The van der Waals surface area contributed by atoms with Crippen LogP contribution in [0.25, 0.3) is 16.9 Å². The molecule has 0 aliphatic heterocycles. The van der Waals surface area contributed by atoms with Crippen molar-refractivity contribution in [3.63, 3.8) is 0 Å². The molecular weight excluding hydrogens is 285 g/mol. The molecule has 0 saturated heterocycles. The summed E-state index contributed by atoms with van der Waals surface area (Å²) < 4.78 is 16.0. The Balaban J connectivity index is 1.94. The number of fused-ring (bicyclic) bond motifs is 2. The summed E-state index contributed by atoms with van der Waals surface area (Å²) >= 11 is 5.59. The number of H-pyrrole nitrogens is 1. The SMILES string of the molecule is Fc1cccc(-c2cc3nc4c(c(=S)n3[nH]2)CCCC4)c1. The van der Waals surface area contributed by atoms with Crippen molar-refractivity contribution in [2.24, 2.45) is 0 Å². The van der Waals surface area contributed by atoms with Gasteiger partial charge in [0.05, 0.1) is 5.69 Å². The van der Waals surface area contributed by atoms with Gasteiger partial charge in [-0.3, -0.25) is 5.10 Å². The standard InChI is InChI=1S/C16H14FN3S/c17-11-5-3-4-10(8-11)14-9-15-18-13-7-2-1-6-12(13)16(21)20(15)19-14/h3-5,8-9,19H,1-2,6-7H2. The predicted molar refractivity (Wildman–Crippen MR) is 82.4 cm³/mol. The van der Waals surface area contributed by atoms with E-state index in [2.05, 4.69) is 5.10 Å². The van der Waals surface area contributed by atoms with Gasteiger partial charge in [0.1, 0.15) is 10.5 Å². The number of nitrogens with zero attached hydrogens (tertiary/aromatic N) is 2. The second kappa shape index (κ2) is 4.77. The predicted octanol–water partition coefficient (Wildman–Crippen LogP) is 4.08. The third kappa shape index (κ3) is 2.08. The Morgan fingerprint density at radius 2 is 2.05 bits per heavy atom. The van der Waals surface area contributed by atoms with Crippen molar-refractivity contribution in [1.29, 1.82) is 0 Å². The first kappa shape index (κ1) is 12.7. The molecule has 3 nitrogen and oxygen atoms in total. The first-order valence-electron chi connectivity index (χ1n) is 7.12. The molecule has 0 bridgehead atoms. The topological polar surface area (TPSA) is 33.1 Å². The van der Waals surface area contributed by atoms with Gasteiger partial charge in [-0.05, 0) is 37.8 Å². The maximum Gasteiger partial charge on any atom is 0.155 e. The summed E-state index contributed by atoms with van der Waals surface area (Å²) in [6.07, 6.45) is 4.34. The summed E-state index contributed by atoms with van der Waals surface area (Å²) in [6, 6.07) is 8.45. The van der Waals surface area contributed by atoms with E-state index in [1.165, 1.54) is 30.5 Å². The average molecular weight is 299 g/mol. The molecule has 4 rings (SSSR count). The van der Waals surface area contributed by atoms with Gasteiger partial charge < -0.3 is 0 Å². The molecule has 0 fully saturated rings. The van der Waals surface area contributed by atoms with E-state index in [1.807, 2.05) is 16.6 Å². The number of benzene rings is 1. The van der Waals surface area contributed by atoms with Crippen LogP contribution in [-0.4, -0.2) is 14.6 Å². The van der Waals surface area contributed by atoms with Gasteiger partial charge in [0, 0.05) is 22.9 Å². The fourth-order valence-electron chi connectivity index (χ4n) is 2.96. The molecule has 1 aliphatic rings. The third-order valence-corrected chi connectivity index (χ3v) is 4.45. The summed E-state index contributed by atoms with van der Waals surface area (Å²) in [5.74, 6) is -0.248. The van der Waals surface area contributed by atoms with E-state index in [0.29, 0.717) is 0 Å². The van der Waals surface area contributed by atoms with Gasteiger partial charge in [-0.2, -0.15) is 0 Å². The molecular formula is C16H14FN3S. The van der Waals surface area contributed by atoms with E-state index in [0.717, 1.165) is 40.1 Å².